The van der Waals surface area contributed by atoms with Gasteiger partial charge >= 0.3 is 7.60 Å². The van der Waals surface area contributed by atoms with Crippen molar-refractivity contribution in [2.45, 2.75) is 40.0 Å². The number of allylic oxidation sites excluding steroid dienone is 2. The van der Waals surface area contributed by atoms with E-state index in [0.29, 0.717) is 6.16 Å². The van der Waals surface area contributed by atoms with Crippen LogP contribution in [0.5, 0.6) is 0 Å². The standard InChI is InChI=1S/C12H23O3P/c1-10-7-6-8-12(2,3)11(10)9-16(13,14-4)15-5/h6-9H2,1-5H3. The van der Waals surface area contributed by atoms with Crippen molar-refractivity contribution in [1.82, 2.24) is 0 Å². The average molecular weight is 246 g/mol. The Morgan fingerprint density at radius 2 is 1.88 bits per heavy atom. The van der Waals surface area contributed by atoms with Gasteiger partial charge in [-0.05, 0) is 31.6 Å². The minimum Gasteiger partial charge on any atom is -0.312 e. The first kappa shape index (κ1) is 14.0. The molecule has 3 nitrogen and oxygen atoms in total. The van der Waals surface area contributed by atoms with Crippen molar-refractivity contribution in [3.05, 3.63) is 11.1 Å². The molecule has 4 heteroatoms. The Balaban J connectivity index is 2.98. The molecule has 0 amide bonds. The van der Waals surface area contributed by atoms with Gasteiger partial charge in [-0.25, -0.2) is 0 Å². The lowest BCUT2D eigenvalue weighted by molar-refractivity contribution is 0.272. The quantitative estimate of drug-likeness (QED) is 0.555. The smallest absolute Gasteiger partial charge is 0.312 e. The minimum absolute atomic E-state index is 0.120. The van der Waals surface area contributed by atoms with Crippen LogP contribution in [0.25, 0.3) is 0 Å². The first-order valence-electron chi connectivity index (χ1n) is 5.74. The van der Waals surface area contributed by atoms with Crippen LogP contribution < -0.4 is 0 Å². The van der Waals surface area contributed by atoms with Gasteiger partial charge in [-0.3, -0.25) is 4.57 Å². The van der Waals surface area contributed by atoms with Crippen LogP contribution in [0.3, 0.4) is 0 Å². The van der Waals surface area contributed by atoms with Crippen LogP contribution in [0, 0.1) is 5.41 Å². The van der Waals surface area contributed by atoms with Crippen molar-refractivity contribution in [3.8, 4) is 0 Å². The molecule has 0 heterocycles. The van der Waals surface area contributed by atoms with Crippen molar-refractivity contribution < 1.29 is 13.6 Å². The average Bonchev–Trinajstić information content (AvgIpc) is 2.23. The zero-order valence-electron chi connectivity index (χ0n) is 11.0. The second kappa shape index (κ2) is 5.03. The van der Waals surface area contributed by atoms with Crippen molar-refractivity contribution in [2.24, 2.45) is 5.41 Å². The first-order chi connectivity index (χ1) is 7.34. The molecule has 0 spiro atoms. The van der Waals surface area contributed by atoms with Gasteiger partial charge in [0.15, 0.2) is 0 Å². The Bertz CT molecular complexity index is 323. The maximum Gasteiger partial charge on any atom is 0.334 e. The zero-order chi connectivity index (χ0) is 12.4. The van der Waals surface area contributed by atoms with E-state index in [0.717, 1.165) is 12.8 Å². The molecule has 0 aromatic heterocycles. The predicted molar refractivity (Wildman–Crippen MR) is 66.8 cm³/mol. The number of rotatable bonds is 4. The van der Waals surface area contributed by atoms with Gasteiger partial charge in [-0.1, -0.05) is 25.0 Å². The molecule has 0 saturated heterocycles. The lowest BCUT2D eigenvalue weighted by Crippen LogP contribution is -2.23. The highest BCUT2D eigenvalue weighted by molar-refractivity contribution is 7.54. The van der Waals surface area contributed by atoms with E-state index in [-0.39, 0.29) is 5.41 Å². The number of hydrogen-bond acceptors (Lipinski definition) is 3. The molecule has 0 saturated carbocycles. The molecule has 0 atom stereocenters. The Morgan fingerprint density at radius 1 is 1.31 bits per heavy atom. The Labute approximate surface area is 98.7 Å². The van der Waals surface area contributed by atoms with E-state index in [2.05, 4.69) is 20.8 Å². The van der Waals surface area contributed by atoms with Crippen molar-refractivity contribution >= 4 is 7.60 Å². The van der Waals surface area contributed by atoms with Crippen LogP contribution in [-0.2, 0) is 13.6 Å². The van der Waals surface area contributed by atoms with Gasteiger partial charge in [0.25, 0.3) is 0 Å². The molecule has 0 bridgehead atoms. The molecule has 1 rings (SSSR count). The molecule has 0 aromatic rings. The van der Waals surface area contributed by atoms with E-state index in [4.69, 9.17) is 9.05 Å². The Kier molecular flexibility index (Phi) is 4.39. The van der Waals surface area contributed by atoms with Crippen LogP contribution in [0.1, 0.15) is 40.0 Å². The highest BCUT2D eigenvalue weighted by atomic mass is 31.2. The van der Waals surface area contributed by atoms with E-state index >= 15 is 0 Å². The molecule has 0 unspecified atom stereocenters. The molecule has 0 N–H and O–H groups in total. The van der Waals surface area contributed by atoms with Crippen LogP contribution in [0.2, 0.25) is 0 Å². The van der Waals surface area contributed by atoms with Gasteiger partial charge < -0.3 is 9.05 Å². The van der Waals surface area contributed by atoms with Crippen molar-refractivity contribution in [2.75, 3.05) is 20.4 Å². The fourth-order valence-corrected chi connectivity index (χ4v) is 3.91. The minimum atomic E-state index is -2.92. The summed E-state index contributed by atoms with van der Waals surface area (Å²) in [6.45, 7) is 6.55. The molecule has 0 fully saturated rings. The molecule has 1 aliphatic carbocycles. The summed E-state index contributed by atoms with van der Waals surface area (Å²) < 4.78 is 22.2. The van der Waals surface area contributed by atoms with Gasteiger partial charge in [-0.2, -0.15) is 0 Å². The largest absolute Gasteiger partial charge is 0.334 e. The first-order valence-corrected chi connectivity index (χ1v) is 7.47. The monoisotopic (exact) mass is 246 g/mol. The third-order valence-electron chi connectivity index (χ3n) is 3.59. The molecule has 1 aliphatic rings. The Hall–Kier alpha value is -0.110. The molecule has 0 radical (unpaired) electrons. The van der Waals surface area contributed by atoms with Crippen molar-refractivity contribution in [1.29, 1.82) is 0 Å². The maximum absolute atomic E-state index is 12.2. The summed E-state index contributed by atoms with van der Waals surface area (Å²) in [7, 11) is -0.0161. The summed E-state index contributed by atoms with van der Waals surface area (Å²) in [4.78, 5) is 0. The fourth-order valence-electron chi connectivity index (χ4n) is 2.42. The van der Waals surface area contributed by atoms with Gasteiger partial charge in [-0.15, -0.1) is 0 Å². The van der Waals surface area contributed by atoms with E-state index < -0.39 is 7.60 Å². The SMILES string of the molecule is COP(=O)(CC1=C(C)CCCC1(C)C)OC. The van der Waals surface area contributed by atoms with Gasteiger partial charge in [0.05, 0.1) is 6.16 Å². The Morgan fingerprint density at radius 3 is 2.31 bits per heavy atom. The normalized spacial score (nSPS) is 21.3. The lowest BCUT2D eigenvalue weighted by Gasteiger charge is -2.35. The summed E-state index contributed by atoms with van der Waals surface area (Å²) in [5.74, 6) is 0. The highest BCUT2D eigenvalue weighted by Crippen LogP contribution is 2.53. The van der Waals surface area contributed by atoms with E-state index in [9.17, 15) is 4.57 Å². The van der Waals surface area contributed by atoms with Crippen LogP contribution >= 0.6 is 7.60 Å². The summed E-state index contributed by atoms with van der Waals surface area (Å²) >= 11 is 0. The molecule has 0 aliphatic heterocycles. The summed E-state index contributed by atoms with van der Waals surface area (Å²) in [6.07, 6.45) is 3.89. The summed E-state index contributed by atoms with van der Waals surface area (Å²) in [5, 5.41) is 0. The zero-order valence-corrected chi connectivity index (χ0v) is 11.9. The second-order valence-corrected chi connectivity index (χ2v) is 7.40. The third-order valence-corrected chi connectivity index (χ3v) is 5.41. The molecular formula is C12H23O3P. The second-order valence-electron chi connectivity index (χ2n) is 5.13. The topological polar surface area (TPSA) is 35.5 Å². The summed E-state index contributed by atoms with van der Waals surface area (Å²) in [5.41, 5.74) is 2.73. The molecule has 0 aromatic carbocycles. The van der Waals surface area contributed by atoms with Crippen LogP contribution in [-0.4, -0.2) is 20.4 Å². The molecule has 16 heavy (non-hydrogen) atoms. The van der Waals surface area contributed by atoms with Gasteiger partial charge in [0, 0.05) is 14.2 Å². The lowest BCUT2D eigenvalue weighted by atomic mass is 9.73. The fraction of sp³-hybridized carbons (Fsp3) is 0.833. The maximum atomic E-state index is 12.2. The third kappa shape index (κ3) is 2.97. The van der Waals surface area contributed by atoms with Crippen LogP contribution in [0.15, 0.2) is 11.1 Å². The number of hydrogen-bond donors (Lipinski definition) is 0. The van der Waals surface area contributed by atoms with E-state index in [1.807, 2.05) is 0 Å². The van der Waals surface area contributed by atoms with Gasteiger partial charge in [0.1, 0.15) is 0 Å². The van der Waals surface area contributed by atoms with E-state index in [1.165, 1.54) is 31.8 Å². The van der Waals surface area contributed by atoms with Crippen molar-refractivity contribution in [3.63, 3.8) is 0 Å². The van der Waals surface area contributed by atoms with E-state index in [1.54, 1.807) is 0 Å². The predicted octanol–water partition coefficient (Wildman–Crippen LogP) is 4.00. The molecule has 94 valence electrons. The van der Waals surface area contributed by atoms with Crippen LogP contribution in [0.4, 0.5) is 0 Å². The summed E-state index contributed by atoms with van der Waals surface area (Å²) in [6, 6.07) is 0. The molecular weight excluding hydrogens is 223 g/mol. The highest BCUT2D eigenvalue weighted by Gasteiger charge is 2.34. The van der Waals surface area contributed by atoms with Gasteiger partial charge in [0.2, 0.25) is 0 Å².